The van der Waals surface area contributed by atoms with Gasteiger partial charge in [-0.3, -0.25) is 4.79 Å². The van der Waals surface area contributed by atoms with Crippen LogP contribution in [0, 0.1) is 0 Å². The van der Waals surface area contributed by atoms with Gasteiger partial charge in [0.05, 0.1) is 12.1 Å². The van der Waals surface area contributed by atoms with Crippen molar-refractivity contribution >= 4 is 5.91 Å². The zero-order chi connectivity index (χ0) is 10.6. The number of carbonyl (C=O) groups excluding carboxylic acids is 1. The van der Waals surface area contributed by atoms with Crippen LogP contribution in [-0.4, -0.2) is 29.6 Å². The average molecular weight is 207 g/mol. The molecular formula is C9H15F2NO2. The lowest BCUT2D eigenvalue weighted by atomic mass is 9.82. The van der Waals surface area contributed by atoms with Crippen molar-refractivity contribution in [3.05, 3.63) is 0 Å². The number of alkyl halides is 2. The van der Waals surface area contributed by atoms with Gasteiger partial charge in [0.25, 0.3) is 5.91 Å². The predicted octanol–water partition coefficient (Wildman–Crippen LogP) is 1.06. The van der Waals surface area contributed by atoms with Crippen molar-refractivity contribution in [2.45, 2.75) is 44.1 Å². The Bertz CT molecular complexity index is 203. The molecule has 0 aromatic heterocycles. The average Bonchev–Trinajstić information content (AvgIpc) is 2.19. The van der Waals surface area contributed by atoms with Crippen LogP contribution in [0.5, 0.6) is 0 Å². The number of hydrogen-bond acceptors (Lipinski definition) is 2. The zero-order valence-corrected chi connectivity index (χ0v) is 7.93. The fraction of sp³-hybridized carbons (Fsp3) is 0.889. The third kappa shape index (κ3) is 2.64. The maximum absolute atomic E-state index is 12.0. The van der Waals surface area contributed by atoms with Crippen molar-refractivity contribution in [1.82, 2.24) is 5.32 Å². The van der Waals surface area contributed by atoms with E-state index in [-0.39, 0.29) is 6.61 Å². The number of halogens is 2. The van der Waals surface area contributed by atoms with E-state index in [1.54, 1.807) is 0 Å². The third-order valence-corrected chi connectivity index (χ3v) is 2.70. The molecule has 14 heavy (non-hydrogen) atoms. The lowest BCUT2D eigenvalue weighted by molar-refractivity contribution is -0.135. The topological polar surface area (TPSA) is 49.3 Å². The second-order valence-corrected chi connectivity index (χ2v) is 3.79. The van der Waals surface area contributed by atoms with Gasteiger partial charge in [-0.15, -0.1) is 0 Å². The first kappa shape index (κ1) is 11.4. The normalized spacial score (nSPS) is 20.9. The third-order valence-electron chi connectivity index (χ3n) is 2.70. The molecule has 0 unspecified atom stereocenters. The van der Waals surface area contributed by atoms with E-state index >= 15 is 0 Å². The Kier molecular flexibility index (Phi) is 3.80. The molecule has 0 aromatic rings. The van der Waals surface area contributed by atoms with Crippen LogP contribution in [0.15, 0.2) is 0 Å². The molecule has 0 aliphatic heterocycles. The predicted molar refractivity (Wildman–Crippen MR) is 47.0 cm³/mol. The molecule has 1 aliphatic carbocycles. The lowest BCUT2D eigenvalue weighted by Crippen LogP contribution is -2.54. The fourth-order valence-corrected chi connectivity index (χ4v) is 1.87. The van der Waals surface area contributed by atoms with Gasteiger partial charge in [0, 0.05) is 0 Å². The van der Waals surface area contributed by atoms with Gasteiger partial charge in [-0.25, -0.2) is 0 Å². The first-order valence-electron chi connectivity index (χ1n) is 4.81. The zero-order valence-electron chi connectivity index (χ0n) is 7.93. The molecule has 0 spiro atoms. The highest BCUT2D eigenvalue weighted by molar-refractivity contribution is 5.79. The first-order valence-corrected chi connectivity index (χ1v) is 4.81. The van der Waals surface area contributed by atoms with Crippen LogP contribution in [-0.2, 0) is 4.79 Å². The summed E-state index contributed by atoms with van der Waals surface area (Å²) in [5, 5.41) is 11.4. The summed E-state index contributed by atoms with van der Waals surface area (Å²) in [5.74, 6) is -1.28. The van der Waals surface area contributed by atoms with Crippen molar-refractivity contribution in [1.29, 1.82) is 0 Å². The smallest absolute Gasteiger partial charge is 0.315 e. The number of rotatable bonds is 3. The maximum Gasteiger partial charge on any atom is 0.315 e. The highest BCUT2D eigenvalue weighted by atomic mass is 19.3. The van der Waals surface area contributed by atoms with Crippen molar-refractivity contribution in [3.8, 4) is 0 Å². The molecular weight excluding hydrogens is 192 g/mol. The van der Waals surface area contributed by atoms with Crippen molar-refractivity contribution in [2.75, 3.05) is 6.61 Å². The largest absolute Gasteiger partial charge is 0.394 e. The Morgan fingerprint density at radius 3 is 2.36 bits per heavy atom. The van der Waals surface area contributed by atoms with Gasteiger partial charge in [-0.1, -0.05) is 19.3 Å². The van der Waals surface area contributed by atoms with Crippen LogP contribution in [0.3, 0.4) is 0 Å². The summed E-state index contributed by atoms with van der Waals surface area (Å²) in [6.07, 6.45) is 0.935. The van der Waals surface area contributed by atoms with Gasteiger partial charge in [-0.05, 0) is 12.8 Å². The van der Waals surface area contributed by atoms with E-state index in [4.69, 9.17) is 5.11 Å². The minimum atomic E-state index is -3.00. The number of hydrogen-bond donors (Lipinski definition) is 2. The minimum absolute atomic E-state index is 0.258. The summed E-state index contributed by atoms with van der Waals surface area (Å²) in [7, 11) is 0. The van der Waals surface area contributed by atoms with Gasteiger partial charge in [-0.2, -0.15) is 8.78 Å². The van der Waals surface area contributed by atoms with Gasteiger partial charge in [0.1, 0.15) is 0 Å². The maximum atomic E-state index is 12.0. The monoisotopic (exact) mass is 207 g/mol. The molecule has 0 heterocycles. The first-order chi connectivity index (χ1) is 6.59. The molecule has 0 atom stereocenters. The summed E-state index contributed by atoms with van der Waals surface area (Å²) in [6.45, 7) is -0.258. The Morgan fingerprint density at radius 1 is 1.36 bits per heavy atom. The fourth-order valence-electron chi connectivity index (χ4n) is 1.87. The number of aliphatic hydroxyl groups is 1. The van der Waals surface area contributed by atoms with Crippen LogP contribution in [0.2, 0.25) is 0 Å². The van der Waals surface area contributed by atoms with Crippen LogP contribution in [0.4, 0.5) is 8.78 Å². The highest BCUT2D eigenvalue weighted by Crippen LogP contribution is 2.27. The van der Waals surface area contributed by atoms with Crippen molar-refractivity contribution in [3.63, 3.8) is 0 Å². The highest BCUT2D eigenvalue weighted by Gasteiger charge is 2.34. The van der Waals surface area contributed by atoms with Crippen LogP contribution < -0.4 is 5.32 Å². The Balaban J connectivity index is 2.56. The standard InChI is InChI=1S/C9H15F2NO2/c10-7(11)8(14)12-9(6-13)4-2-1-3-5-9/h7,13H,1-6H2,(H,12,14). The summed E-state index contributed by atoms with van der Waals surface area (Å²) < 4.78 is 24.0. The second kappa shape index (κ2) is 4.68. The van der Waals surface area contributed by atoms with Gasteiger partial charge in [0.2, 0.25) is 0 Å². The molecule has 1 amide bonds. The van der Waals surface area contributed by atoms with Crippen molar-refractivity contribution < 1.29 is 18.7 Å². The molecule has 82 valence electrons. The molecule has 1 fully saturated rings. The van der Waals surface area contributed by atoms with E-state index in [0.29, 0.717) is 12.8 Å². The Hall–Kier alpha value is -0.710. The van der Waals surface area contributed by atoms with E-state index in [9.17, 15) is 13.6 Å². The van der Waals surface area contributed by atoms with E-state index in [2.05, 4.69) is 5.32 Å². The quantitative estimate of drug-likeness (QED) is 0.727. The summed E-state index contributed by atoms with van der Waals surface area (Å²) in [4.78, 5) is 10.8. The minimum Gasteiger partial charge on any atom is -0.394 e. The van der Waals surface area contributed by atoms with E-state index < -0.39 is 17.9 Å². The van der Waals surface area contributed by atoms with Crippen LogP contribution in [0.25, 0.3) is 0 Å². The molecule has 0 aromatic carbocycles. The lowest BCUT2D eigenvalue weighted by Gasteiger charge is -2.36. The summed E-state index contributed by atoms with van der Waals surface area (Å²) in [6, 6.07) is 0. The molecule has 1 aliphatic rings. The molecule has 3 nitrogen and oxygen atoms in total. The number of aliphatic hydroxyl groups excluding tert-OH is 1. The Morgan fingerprint density at radius 2 is 1.93 bits per heavy atom. The molecule has 0 radical (unpaired) electrons. The van der Waals surface area contributed by atoms with Gasteiger partial charge < -0.3 is 10.4 Å². The van der Waals surface area contributed by atoms with E-state index in [0.717, 1.165) is 19.3 Å². The van der Waals surface area contributed by atoms with Crippen LogP contribution in [0.1, 0.15) is 32.1 Å². The van der Waals surface area contributed by atoms with Gasteiger partial charge in [0.15, 0.2) is 0 Å². The summed E-state index contributed by atoms with van der Waals surface area (Å²) >= 11 is 0. The van der Waals surface area contributed by atoms with Crippen molar-refractivity contribution in [2.24, 2.45) is 0 Å². The molecule has 1 rings (SSSR count). The Labute approximate surface area is 81.5 Å². The molecule has 0 saturated heterocycles. The van der Waals surface area contributed by atoms with E-state index in [1.165, 1.54) is 0 Å². The summed E-state index contributed by atoms with van der Waals surface area (Å²) in [5.41, 5.74) is -0.800. The SMILES string of the molecule is O=C(NC1(CO)CCCCC1)C(F)F. The van der Waals surface area contributed by atoms with Gasteiger partial charge >= 0.3 is 6.43 Å². The number of carbonyl (C=O) groups is 1. The molecule has 5 heteroatoms. The van der Waals surface area contributed by atoms with Crippen LogP contribution >= 0.6 is 0 Å². The number of amides is 1. The number of nitrogens with one attached hydrogen (secondary N) is 1. The molecule has 1 saturated carbocycles. The second-order valence-electron chi connectivity index (χ2n) is 3.79. The van der Waals surface area contributed by atoms with E-state index in [1.807, 2.05) is 0 Å². The molecule has 2 N–H and O–H groups in total. The molecule has 0 bridgehead atoms.